The molecule has 0 unspecified atom stereocenters. The molecule has 0 spiro atoms. The highest BCUT2D eigenvalue weighted by Crippen LogP contribution is 2.32. The van der Waals surface area contributed by atoms with Crippen LogP contribution >= 0.6 is 22.7 Å². The van der Waals surface area contributed by atoms with Gasteiger partial charge in [0.05, 0.1) is 10.6 Å². The molecule has 2 amide bonds. The van der Waals surface area contributed by atoms with Gasteiger partial charge in [0.15, 0.2) is 0 Å². The van der Waals surface area contributed by atoms with Crippen LogP contribution in [0.1, 0.15) is 51.9 Å². The largest absolute Gasteiger partial charge is 0.338 e. The van der Waals surface area contributed by atoms with Crippen LogP contribution < -0.4 is 0 Å². The maximum atomic E-state index is 13.5. The van der Waals surface area contributed by atoms with Crippen LogP contribution in [-0.2, 0) is 0 Å². The zero-order valence-corrected chi connectivity index (χ0v) is 19.5. The first-order chi connectivity index (χ1) is 15.1. The van der Waals surface area contributed by atoms with Crippen LogP contribution in [0.15, 0.2) is 47.8 Å². The van der Waals surface area contributed by atoms with Crippen LogP contribution in [0.3, 0.4) is 0 Å². The number of rotatable bonds is 6. The summed E-state index contributed by atoms with van der Waals surface area (Å²) in [5.41, 5.74) is 1.53. The van der Waals surface area contributed by atoms with E-state index in [4.69, 9.17) is 0 Å². The Balaban J connectivity index is 1.46. The van der Waals surface area contributed by atoms with Crippen molar-refractivity contribution in [3.8, 4) is 9.88 Å². The van der Waals surface area contributed by atoms with Crippen molar-refractivity contribution < 1.29 is 9.59 Å². The fraction of sp³-hybridized carbons (Fsp3) is 0.375. The standard InChI is InChI=1S/C24H27N3O2S2/c1-3-13-27(24(29)21-17(2)25-22(31-21)20-10-7-16-30-20)19-11-14-26(15-12-19)23(28)18-8-5-4-6-9-18/h4-10,16,19H,3,11-15H2,1-2H3. The zero-order valence-electron chi connectivity index (χ0n) is 17.9. The zero-order chi connectivity index (χ0) is 21.8. The van der Waals surface area contributed by atoms with Gasteiger partial charge >= 0.3 is 0 Å². The Morgan fingerprint density at radius 3 is 2.52 bits per heavy atom. The Bertz CT molecular complexity index is 1020. The Hall–Kier alpha value is -2.51. The molecule has 0 atom stereocenters. The summed E-state index contributed by atoms with van der Waals surface area (Å²) in [6.45, 7) is 6.10. The highest BCUT2D eigenvalue weighted by atomic mass is 32.1. The van der Waals surface area contributed by atoms with Gasteiger partial charge in [-0.2, -0.15) is 0 Å². The van der Waals surface area contributed by atoms with Crippen molar-refractivity contribution in [2.24, 2.45) is 0 Å². The van der Waals surface area contributed by atoms with Gasteiger partial charge in [0.25, 0.3) is 11.8 Å². The predicted octanol–water partition coefficient (Wildman–Crippen LogP) is 5.34. The number of aromatic nitrogens is 1. The molecular formula is C24H27N3O2S2. The lowest BCUT2D eigenvalue weighted by molar-refractivity contribution is 0.0522. The topological polar surface area (TPSA) is 53.5 Å². The molecule has 1 fully saturated rings. The maximum absolute atomic E-state index is 13.5. The minimum atomic E-state index is 0.0753. The van der Waals surface area contributed by atoms with Crippen molar-refractivity contribution in [3.05, 3.63) is 64.0 Å². The number of carbonyl (C=O) groups excluding carboxylic acids is 2. The number of thiophene rings is 1. The van der Waals surface area contributed by atoms with Gasteiger partial charge in [-0.3, -0.25) is 9.59 Å². The van der Waals surface area contributed by atoms with Crippen LogP contribution in [0.25, 0.3) is 9.88 Å². The van der Waals surface area contributed by atoms with Crippen molar-refractivity contribution in [2.75, 3.05) is 19.6 Å². The minimum absolute atomic E-state index is 0.0753. The fourth-order valence-corrected chi connectivity index (χ4v) is 5.88. The molecule has 7 heteroatoms. The van der Waals surface area contributed by atoms with Gasteiger partial charge in [0.1, 0.15) is 9.88 Å². The molecule has 0 radical (unpaired) electrons. The third-order valence-corrected chi connectivity index (χ3v) is 7.85. The number of thiazole rings is 1. The van der Waals surface area contributed by atoms with Crippen LogP contribution in [0.2, 0.25) is 0 Å². The number of hydrogen-bond acceptors (Lipinski definition) is 5. The van der Waals surface area contributed by atoms with Crippen LogP contribution in [-0.4, -0.2) is 52.3 Å². The molecule has 1 saturated heterocycles. The second-order valence-electron chi connectivity index (χ2n) is 7.80. The van der Waals surface area contributed by atoms with Crippen molar-refractivity contribution in [1.82, 2.24) is 14.8 Å². The van der Waals surface area contributed by atoms with Gasteiger partial charge < -0.3 is 9.80 Å². The van der Waals surface area contributed by atoms with E-state index < -0.39 is 0 Å². The van der Waals surface area contributed by atoms with Gasteiger partial charge in [-0.1, -0.05) is 31.2 Å². The lowest BCUT2D eigenvalue weighted by Gasteiger charge is -2.38. The average molecular weight is 454 g/mol. The summed E-state index contributed by atoms with van der Waals surface area (Å²) in [6, 6.07) is 13.6. The van der Waals surface area contributed by atoms with Crippen LogP contribution in [0.4, 0.5) is 0 Å². The summed E-state index contributed by atoms with van der Waals surface area (Å²) in [6.07, 6.45) is 2.52. The molecule has 31 heavy (non-hydrogen) atoms. The number of likely N-dealkylation sites (tertiary alicyclic amines) is 1. The Labute approximate surface area is 191 Å². The number of carbonyl (C=O) groups is 2. The van der Waals surface area contributed by atoms with Gasteiger partial charge in [0, 0.05) is 31.2 Å². The van der Waals surface area contributed by atoms with E-state index in [1.54, 1.807) is 11.3 Å². The molecule has 2 aromatic heterocycles. The molecule has 3 heterocycles. The molecule has 5 nitrogen and oxygen atoms in total. The van der Waals surface area contributed by atoms with E-state index in [1.165, 1.54) is 11.3 Å². The molecule has 0 bridgehead atoms. The van der Waals surface area contributed by atoms with E-state index in [1.807, 2.05) is 64.6 Å². The summed E-state index contributed by atoms with van der Waals surface area (Å²) in [5.74, 6) is 0.152. The molecule has 1 aliphatic heterocycles. The molecule has 1 aliphatic rings. The molecule has 3 aromatic rings. The Kier molecular flexibility index (Phi) is 6.83. The summed E-state index contributed by atoms with van der Waals surface area (Å²) in [4.78, 5) is 36.7. The Morgan fingerprint density at radius 2 is 1.87 bits per heavy atom. The molecule has 0 aliphatic carbocycles. The smallest absolute Gasteiger partial charge is 0.266 e. The van der Waals surface area contributed by atoms with E-state index in [2.05, 4.69) is 11.9 Å². The minimum Gasteiger partial charge on any atom is -0.338 e. The van der Waals surface area contributed by atoms with Gasteiger partial charge in [-0.05, 0) is 49.8 Å². The number of piperidine rings is 1. The van der Waals surface area contributed by atoms with Crippen molar-refractivity contribution in [3.63, 3.8) is 0 Å². The summed E-state index contributed by atoms with van der Waals surface area (Å²) in [7, 11) is 0. The SMILES string of the molecule is CCCN(C(=O)c1sc(-c2cccs2)nc1C)C1CCN(C(=O)c2ccccc2)CC1. The predicted molar refractivity (Wildman–Crippen MR) is 127 cm³/mol. The van der Waals surface area contributed by atoms with Gasteiger partial charge in [0.2, 0.25) is 0 Å². The highest BCUT2D eigenvalue weighted by Gasteiger charge is 2.31. The number of hydrogen-bond donors (Lipinski definition) is 0. The van der Waals surface area contributed by atoms with E-state index >= 15 is 0 Å². The highest BCUT2D eigenvalue weighted by molar-refractivity contribution is 7.22. The molecule has 1 aromatic carbocycles. The lowest BCUT2D eigenvalue weighted by Crippen LogP contribution is -2.49. The maximum Gasteiger partial charge on any atom is 0.266 e. The second-order valence-corrected chi connectivity index (χ2v) is 9.75. The van der Waals surface area contributed by atoms with Gasteiger partial charge in [-0.25, -0.2) is 4.98 Å². The molecule has 4 rings (SSSR count). The van der Waals surface area contributed by atoms with Crippen molar-refractivity contribution >= 4 is 34.5 Å². The molecule has 0 saturated carbocycles. The summed E-state index contributed by atoms with van der Waals surface area (Å²) >= 11 is 3.13. The van der Waals surface area contributed by atoms with Crippen molar-refractivity contribution in [2.45, 2.75) is 39.2 Å². The van der Waals surface area contributed by atoms with Crippen LogP contribution in [0.5, 0.6) is 0 Å². The molecule has 0 N–H and O–H groups in total. The normalized spacial score (nSPS) is 14.6. The summed E-state index contributed by atoms with van der Waals surface area (Å²) < 4.78 is 0. The monoisotopic (exact) mass is 453 g/mol. The van der Waals surface area contributed by atoms with E-state index in [-0.39, 0.29) is 17.9 Å². The third-order valence-electron chi connectivity index (χ3n) is 5.66. The number of nitrogens with zero attached hydrogens (tertiary/aromatic N) is 3. The first-order valence-electron chi connectivity index (χ1n) is 10.7. The van der Waals surface area contributed by atoms with Crippen LogP contribution in [0, 0.1) is 6.92 Å². The fourth-order valence-electron chi connectivity index (χ4n) is 4.07. The number of aryl methyl sites for hydroxylation is 1. The average Bonchev–Trinajstić information content (AvgIpc) is 3.47. The van der Waals surface area contributed by atoms with E-state index in [9.17, 15) is 9.59 Å². The molecular weight excluding hydrogens is 426 g/mol. The molecule has 162 valence electrons. The summed E-state index contributed by atoms with van der Waals surface area (Å²) in [5, 5.41) is 2.94. The quantitative estimate of drug-likeness (QED) is 0.506. The number of benzene rings is 1. The van der Waals surface area contributed by atoms with Crippen molar-refractivity contribution in [1.29, 1.82) is 0 Å². The third kappa shape index (κ3) is 4.72. The Morgan fingerprint density at radius 1 is 1.13 bits per heavy atom. The van der Waals surface area contributed by atoms with Gasteiger partial charge in [-0.15, -0.1) is 22.7 Å². The first-order valence-corrected chi connectivity index (χ1v) is 12.4. The first kappa shape index (κ1) is 21.7. The van der Waals surface area contributed by atoms with E-state index in [0.717, 1.165) is 51.8 Å². The van der Waals surface area contributed by atoms with E-state index in [0.29, 0.717) is 13.1 Å². The number of amides is 2. The second kappa shape index (κ2) is 9.75. The lowest BCUT2D eigenvalue weighted by atomic mass is 10.0.